The maximum atomic E-state index is 10.4. The van der Waals surface area contributed by atoms with Crippen LogP contribution >= 0.6 is 11.8 Å². The van der Waals surface area contributed by atoms with Crippen molar-refractivity contribution in [1.82, 2.24) is 0 Å². The van der Waals surface area contributed by atoms with E-state index in [0.29, 0.717) is 0 Å². The third-order valence-electron chi connectivity index (χ3n) is 1.07. The summed E-state index contributed by atoms with van der Waals surface area (Å²) in [6.07, 6.45) is 2.78. The lowest BCUT2D eigenvalue weighted by Crippen LogP contribution is -2.66. The molecule has 4 heteroatoms. The summed E-state index contributed by atoms with van der Waals surface area (Å²) in [6.45, 7) is 0. The van der Waals surface area contributed by atoms with Gasteiger partial charge in [0, 0.05) is 6.42 Å². The van der Waals surface area contributed by atoms with Gasteiger partial charge in [-0.25, -0.2) is 0 Å². The Bertz CT molecular complexity index is 97.0. The van der Waals surface area contributed by atoms with Crippen molar-refractivity contribution in [2.75, 3.05) is 12.0 Å². The van der Waals surface area contributed by atoms with E-state index in [1.54, 1.807) is 11.8 Å². The van der Waals surface area contributed by atoms with Gasteiger partial charge in [-0.1, -0.05) is 0 Å². The third kappa shape index (κ3) is 4.29. The fourth-order valence-electron chi connectivity index (χ4n) is 0.402. The van der Waals surface area contributed by atoms with Gasteiger partial charge in [-0.3, -0.25) is 4.79 Å². The van der Waals surface area contributed by atoms with Gasteiger partial charge in [-0.2, -0.15) is 11.8 Å². The quantitative estimate of drug-likeness (QED) is 0.529. The van der Waals surface area contributed by atoms with Crippen molar-refractivity contribution in [3.8, 4) is 0 Å². The van der Waals surface area contributed by atoms with E-state index in [4.69, 9.17) is 5.73 Å². The highest BCUT2D eigenvalue weighted by molar-refractivity contribution is 7.98. The van der Waals surface area contributed by atoms with E-state index in [1.165, 1.54) is 0 Å². The van der Waals surface area contributed by atoms with Gasteiger partial charge in [0.2, 0.25) is 0 Å². The summed E-state index contributed by atoms with van der Waals surface area (Å²) in [5.74, 6) is 0.654. The van der Waals surface area contributed by atoms with Crippen LogP contribution in [-0.2, 0) is 4.79 Å². The number of carbonyl (C=O) groups is 1. The Hall–Kier alpha value is -0.220. The molecule has 1 atom stereocenters. The summed E-state index contributed by atoms with van der Waals surface area (Å²) in [6, 6.07) is -0.211. The third-order valence-corrected chi connectivity index (χ3v) is 1.72. The maximum absolute atomic E-state index is 10.4. The molecule has 0 aromatic heterocycles. The minimum Gasteiger partial charge on any atom is -0.365 e. The Kier molecular flexibility index (Phi) is 4.53. The van der Waals surface area contributed by atoms with Crippen LogP contribution in [0, 0.1) is 0 Å². The largest absolute Gasteiger partial charge is 0.365 e. The summed E-state index contributed by atoms with van der Waals surface area (Å²) in [5.41, 5.74) is 8.55. The number of quaternary nitrogens is 1. The summed E-state index contributed by atoms with van der Waals surface area (Å²) < 4.78 is 0. The fraction of sp³-hybridized carbons (Fsp3) is 0.800. The van der Waals surface area contributed by atoms with Crippen LogP contribution in [0.4, 0.5) is 0 Å². The summed E-state index contributed by atoms with van der Waals surface area (Å²) >= 11 is 1.70. The fourth-order valence-corrected chi connectivity index (χ4v) is 0.923. The number of primary amides is 1. The predicted octanol–water partition coefficient (Wildman–Crippen LogP) is -1.16. The van der Waals surface area contributed by atoms with Gasteiger partial charge in [0.25, 0.3) is 5.91 Å². The normalized spacial score (nSPS) is 13.1. The number of rotatable bonds is 4. The molecule has 0 aliphatic rings. The van der Waals surface area contributed by atoms with Crippen LogP contribution in [0.15, 0.2) is 0 Å². The zero-order chi connectivity index (χ0) is 7.28. The van der Waals surface area contributed by atoms with Crippen molar-refractivity contribution in [3.63, 3.8) is 0 Å². The topological polar surface area (TPSA) is 70.7 Å². The van der Waals surface area contributed by atoms with E-state index in [0.717, 1.165) is 12.2 Å². The monoisotopic (exact) mass is 149 g/mol. The van der Waals surface area contributed by atoms with Crippen molar-refractivity contribution < 1.29 is 10.5 Å². The first-order valence-electron chi connectivity index (χ1n) is 2.79. The van der Waals surface area contributed by atoms with Crippen LogP contribution in [0.25, 0.3) is 0 Å². The molecule has 3 nitrogen and oxygen atoms in total. The van der Waals surface area contributed by atoms with E-state index in [1.807, 2.05) is 6.26 Å². The first-order valence-corrected chi connectivity index (χ1v) is 4.19. The summed E-state index contributed by atoms with van der Waals surface area (Å²) in [4.78, 5) is 10.4. The number of hydrogen-bond donors (Lipinski definition) is 2. The molecule has 0 fully saturated rings. The average molecular weight is 149 g/mol. The van der Waals surface area contributed by atoms with E-state index >= 15 is 0 Å². The first kappa shape index (κ1) is 8.78. The number of carbonyl (C=O) groups excluding carboxylic acids is 1. The molecule has 0 rings (SSSR count). The second-order valence-corrected chi connectivity index (χ2v) is 2.87. The molecule has 0 aliphatic carbocycles. The minimum absolute atomic E-state index is 0.211. The van der Waals surface area contributed by atoms with E-state index < -0.39 is 0 Å². The standard InChI is InChI=1S/C5H12N2OS/c1-9-3-2-4(6)5(7)8/h4H,2-3,6H2,1H3,(H2,7,8)/p+1/t4-/m0/s1. The van der Waals surface area contributed by atoms with Crippen LogP contribution < -0.4 is 11.5 Å². The lowest BCUT2D eigenvalue weighted by Gasteiger charge is -2.00. The SMILES string of the molecule is CSCC[C@H]([NH3+])C(N)=O. The number of hydrogen-bond acceptors (Lipinski definition) is 2. The molecule has 54 valence electrons. The van der Waals surface area contributed by atoms with Gasteiger partial charge in [-0.15, -0.1) is 0 Å². The van der Waals surface area contributed by atoms with Crippen LogP contribution in [0.3, 0.4) is 0 Å². The first-order chi connectivity index (χ1) is 4.18. The second kappa shape index (κ2) is 4.64. The molecule has 0 radical (unpaired) electrons. The van der Waals surface area contributed by atoms with Crippen LogP contribution in [0.2, 0.25) is 0 Å². The highest BCUT2D eigenvalue weighted by Gasteiger charge is 2.10. The molecule has 0 spiro atoms. The van der Waals surface area contributed by atoms with E-state index in [-0.39, 0.29) is 11.9 Å². The molecule has 0 saturated heterocycles. The molecule has 0 bridgehead atoms. The molecule has 1 amide bonds. The highest BCUT2D eigenvalue weighted by atomic mass is 32.2. The molecule has 9 heavy (non-hydrogen) atoms. The van der Waals surface area contributed by atoms with Crippen molar-refractivity contribution in [2.45, 2.75) is 12.5 Å². The zero-order valence-electron chi connectivity index (χ0n) is 5.59. The molecular formula is C5H13N2OS+. The summed E-state index contributed by atoms with van der Waals surface area (Å²) in [7, 11) is 0. The number of thioether (sulfide) groups is 1. The lowest BCUT2D eigenvalue weighted by atomic mass is 10.2. The smallest absolute Gasteiger partial charge is 0.275 e. The number of amides is 1. The van der Waals surface area contributed by atoms with Gasteiger partial charge in [0.05, 0.1) is 0 Å². The van der Waals surface area contributed by atoms with Crippen molar-refractivity contribution in [1.29, 1.82) is 0 Å². The van der Waals surface area contributed by atoms with Crippen molar-refractivity contribution in [3.05, 3.63) is 0 Å². The van der Waals surface area contributed by atoms with Gasteiger partial charge in [0.1, 0.15) is 0 Å². The molecule has 0 aromatic carbocycles. The summed E-state index contributed by atoms with van der Waals surface area (Å²) in [5, 5.41) is 0. The van der Waals surface area contributed by atoms with Gasteiger partial charge >= 0.3 is 0 Å². The average Bonchev–Trinajstić information content (AvgIpc) is 1.82. The second-order valence-electron chi connectivity index (χ2n) is 1.88. The molecule has 0 aliphatic heterocycles. The Balaban J connectivity index is 3.27. The van der Waals surface area contributed by atoms with Gasteiger partial charge < -0.3 is 11.5 Å². The minimum atomic E-state index is -0.302. The van der Waals surface area contributed by atoms with Crippen LogP contribution in [0.5, 0.6) is 0 Å². The molecule has 0 saturated carbocycles. The van der Waals surface area contributed by atoms with Crippen LogP contribution in [-0.4, -0.2) is 24.0 Å². The Morgan fingerprint density at radius 3 is 2.78 bits per heavy atom. The predicted molar refractivity (Wildman–Crippen MR) is 38.9 cm³/mol. The lowest BCUT2D eigenvalue weighted by molar-refractivity contribution is -0.403. The Labute approximate surface area is 59.2 Å². The van der Waals surface area contributed by atoms with Gasteiger partial charge in [0.15, 0.2) is 6.04 Å². The van der Waals surface area contributed by atoms with E-state index in [2.05, 4.69) is 5.73 Å². The van der Waals surface area contributed by atoms with E-state index in [9.17, 15) is 4.79 Å². The Morgan fingerprint density at radius 2 is 2.44 bits per heavy atom. The highest BCUT2D eigenvalue weighted by Crippen LogP contribution is 1.96. The molecule has 0 heterocycles. The van der Waals surface area contributed by atoms with Crippen LogP contribution in [0.1, 0.15) is 6.42 Å². The number of nitrogens with two attached hydrogens (primary N) is 1. The Morgan fingerprint density at radius 1 is 1.89 bits per heavy atom. The molecule has 0 aromatic rings. The zero-order valence-corrected chi connectivity index (χ0v) is 6.41. The maximum Gasteiger partial charge on any atom is 0.275 e. The molecular weight excluding hydrogens is 136 g/mol. The van der Waals surface area contributed by atoms with Gasteiger partial charge in [-0.05, 0) is 12.0 Å². The van der Waals surface area contributed by atoms with Crippen molar-refractivity contribution >= 4 is 17.7 Å². The molecule has 5 N–H and O–H groups in total. The van der Waals surface area contributed by atoms with Crippen molar-refractivity contribution in [2.24, 2.45) is 5.73 Å². The molecule has 0 unspecified atom stereocenters.